The van der Waals surface area contributed by atoms with E-state index in [2.05, 4.69) is 0 Å². The molecule has 0 spiro atoms. The summed E-state index contributed by atoms with van der Waals surface area (Å²) < 4.78 is 5.05. The van der Waals surface area contributed by atoms with E-state index in [4.69, 9.17) is 10.5 Å². The minimum Gasteiger partial charge on any atom is -0.447 e. The zero-order valence-electron chi connectivity index (χ0n) is 8.38. The van der Waals surface area contributed by atoms with Crippen molar-refractivity contribution in [3.05, 3.63) is 0 Å². The molecule has 2 N–H and O–H groups in total. The number of carbonyl (C=O) groups excluding carboxylic acids is 1. The molecule has 0 aromatic heterocycles. The van der Waals surface area contributed by atoms with Crippen LogP contribution in [0.1, 0.15) is 25.7 Å². The van der Waals surface area contributed by atoms with Gasteiger partial charge in [-0.15, -0.1) is 0 Å². The second-order valence-electron chi connectivity index (χ2n) is 4.02. The number of hydrogen-bond acceptors (Lipinski definition) is 3. The van der Waals surface area contributed by atoms with Crippen LogP contribution < -0.4 is 5.73 Å². The summed E-state index contributed by atoms with van der Waals surface area (Å²) in [6.45, 7) is 0.351. The molecule has 1 amide bonds. The van der Waals surface area contributed by atoms with Crippen molar-refractivity contribution < 1.29 is 9.53 Å². The summed E-state index contributed by atoms with van der Waals surface area (Å²) in [7, 11) is 3.33. The van der Waals surface area contributed by atoms with E-state index >= 15 is 0 Å². The highest BCUT2D eigenvalue weighted by Crippen LogP contribution is 2.27. The molecule has 0 unspecified atom stereocenters. The van der Waals surface area contributed by atoms with Gasteiger partial charge in [0.1, 0.15) is 6.61 Å². The Morgan fingerprint density at radius 3 is 2.46 bits per heavy atom. The average Bonchev–Trinajstić information content (AvgIpc) is 2.48. The zero-order chi connectivity index (χ0) is 9.90. The van der Waals surface area contributed by atoms with Crippen molar-refractivity contribution in [3.8, 4) is 0 Å². The van der Waals surface area contributed by atoms with Gasteiger partial charge in [-0.1, -0.05) is 12.8 Å². The lowest BCUT2D eigenvalue weighted by molar-refractivity contribution is 0.0940. The van der Waals surface area contributed by atoms with Crippen molar-refractivity contribution in [1.82, 2.24) is 4.90 Å². The summed E-state index contributed by atoms with van der Waals surface area (Å²) in [6, 6.07) is 0. The van der Waals surface area contributed by atoms with Crippen LogP contribution in [0.4, 0.5) is 4.79 Å². The number of nitrogens with zero attached hydrogens (tertiary/aromatic N) is 1. The Bertz CT molecular complexity index is 186. The second-order valence-corrected chi connectivity index (χ2v) is 4.02. The van der Waals surface area contributed by atoms with Gasteiger partial charge >= 0.3 is 6.09 Å². The number of ether oxygens (including phenoxy) is 1. The molecular formula is C9H18N2O2. The number of carbonyl (C=O) groups is 1. The van der Waals surface area contributed by atoms with E-state index in [1.54, 1.807) is 14.1 Å². The van der Waals surface area contributed by atoms with E-state index < -0.39 is 0 Å². The number of rotatable bonds is 2. The van der Waals surface area contributed by atoms with Crippen LogP contribution >= 0.6 is 0 Å². The summed E-state index contributed by atoms with van der Waals surface area (Å²) in [6.07, 6.45) is 3.92. The molecule has 13 heavy (non-hydrogen) atoms. The van der Waals surface area contributed by atoms with Gasteiger partial charge in [0.05, 0.1) is 5.54 Å². The first-order valence-electron chi connectivity index (χ1n) is 4.66. The first kappa shape index (κ1) is 10.3. The van der Waals surface area contributed by atoms with Crippen molar-refractivity contribution in [2.24, 2.45) is 5.73 Å². The van der Waals surface area contributed by atoms with E-state index in [0.29, 0.717) is 6.61 Å². The van der Waals surface area contributed by atoms with Crippen LogP contribution in [-0.4, -0.2) is 37.2 Å². The van der Waals surface area contributed by atoms with Gasteiger partial charge in [-0.05, 0) is 12.8 Å². The SMILES string of the molecule is CN(C)C(=O)OCC1(N)CCCC1. The first-order chi connectivity index (χ1) is 6.03. The zero-order valence-corrected chi connectivity index (χ0v) is 8.38. The van der Waals surface area contributed by atoms with Gasteiger partial charge in [-0.3, -0.25) is 0 Å². The maximum absolute atomic E-state index is 11.1. The lowest BCUT2D eigenvalue weighted by Gasteiger charge is -2.23. The molecule has 4 heteroatoms. The lowest BCUT2D eigenvalue weighted by Crippen LogP contribution is -2.43. The molecule has 1 aliphatic carbocycles. The molecule has 0 aromatic rings. The summed E-state index contributed by atoms with van der Waals surface area (Å²) in [5.41, 5.74) is 5.75. The Labute approximate surface area is 79.0 Å². The Morgan fingerprint density at radius 2 is 2.00 bits per heavy atom. The van der Waals surface area contributed by atoms with Crippen molar-refractivity contribution in [3.63, 3.8) is 0 Å². The van der Waals surface area contributed by atoms with Gasteiger partial charge in [0, 0.05) is 14.1 Å². The van der Waals surface area contributed by atoms with Crippen LogP contribution in [0.5, 0.6) is 0 Å². The Kier molecular flexibility index (Phi) is 3.14. The lowest BCUT2D eigenvalue weighted by atomic mass is 10.0. The standard InChI is InChI=1S/C9H18N2O2/c1-11(2)8(12)13-7-9(10)5-3-4-6-9/h3-7,10H2,1-2H3. The van der Waals surface area contributed by atoms with E-state index in [9.17, 15) is 4.79 Å². The van der Waals surface area contributed by atoms with Gasteiger partial charge < -0.3 is 15.4 Å². The van der Waals surface area contributed by atoms with Crippen molar-refractivity contribution in [2.75, 3.05) is 20.7 Å². The first-order valence-corrected chi connectivity index (χ1v) is 4.66. The average molecular weight is 186 g/mol. The van der Waals surface area contributed by atoms with Crippen LogP contribution in [-0.2, 0) is 4.74 Å². The van der Waals surface area contributed by atoms with Crippen LogP contribution in [0.2, 0.25) is 0 Å². The normalized spacial score (nSPS) is 19.9. The van der Waals surface area contributed by atoms with Crippen molar-refractivity contribution in [1.29, 1.82) is 0 Å². The predicted octanol–water partition coefficient (Wildman–Crippen LogP) is 0.956. The largest absolute Gasteiger partial charge is 0.447 e. The number of amides is 1. The molecule has 76 valence electrons. The molecule has 4 nitrogen and oxygen atoms in total. The quantitative estimate of drug-likeness (QED) is 0.698. The summed E-state index contributed by atoms with van der Waals surface area (Å²) in [4.78, 5) is 12.5. The number of nitrogens with two attached hydrogens (primary N) is 1. The molecule has 1 fully saturated rings. The van der Waals surface area contributed by atoms with E-state index in [0.717, 1.165) is 25.7 Å². The van der Waals surface area contributed by atoms with Gasteiger partial charge in [0.2, 0.25) is 0 Å². The molecule has 1 saturated carbocycles. The molecule has 1 aliphatic rings. The molecule has 0 radical (unpaired) electrons. The monoisotopic (exact) mass is 186 g/mol. The predicted molar refractivity (Wildman–Crippen MR) is 50.4 cm³/mol. The van der Waals surface area contributed by atoms with Crippen molar-refractivity contribution in [2.45, 2.75) is 31.2 Å². The van der Waals surface area contributed by atoms with Crippen molar-refractivity contribution >= 4 is 6.09 Å². The topological polar surface area (TPSA) is 55.6 Å². The van der Waals surface area contributed by atoms with Crippen LogP contribution in [0.15, 0.2) is 0 Å². The Morgan fingerprint density at radius 1 is 1.46 bits per heavy atom. The van der Waals surface area contributed by atoms with Gasteiger partial charge in [-0.2, -0.15) is 0 Å². The second kappa shape index (κ2) is 3.96. The third kappa shape index (κ3) is 2.88. The fourth-order valence-electron chi connectivity index (χ4n) is 1.56. The minimum absolute atomic E-state index is 0.258. The van der Waals surface area contributed by atoms with Crippen LogP contribution in [0.25, 0.3) is 0 Å². The molecule has 0 bridgehead atoms. The summed E-state index contributed by atoms with van der Waals surface area (Å²) >= 11 is 0. The molecule has 0 atom stereocenters. The highest BCUT2D eigenvalue weighted by molar-refractivity contribution is 5.66. The fourth-order valence-corrected chi connectivity index (χ4v) is 1.56. The molecule has 0 heterocycles. The Hall–Kier alpha value is -0.770. The highest BCUT2D eigenvalue weighted by atomic mass is 16.6. The third-order valence-corrected chi connectivity index (χ3v) is 2.45. The molecule has 0 aliphatic heterocycles. The van der Waals surface area contributed by atoms with Gasteiger partial charge in [-0.25, -0.2) is 4.79 Å². The molecule has 0 aromatic carbocycles. The van der Waals surface area contributed by atoms with E-state index in [1.807, 2.05) is 0 Å². The minimum atomic E-state index is -0.309. The summed E-state index contributed by atoms with van der Waals surface area (Å²) in [5, 5.41) is 0. The van der Waals surface area contributed by atoms with E-state index in [1.165, 1.54) is 4.90 Å². The van der Waals surface area contributed by atoms with Crippen LogP contribution in [0.3, 0.4) is 0 Å². The third-order valence-electron chi connectivity index (χ3n) is 2.45. The fraction of sp³-hybridized carbons (Fsp3) is 0.889. The Balaban J connectivity index is 2.29. The maximum atomic E-state index is 11.1. The number of hydrogen-bond donors (Lipinski definition) is 1. The van der Waals surface area contributed by atoms with Crippen LogP contribution in [0, 0.1) is 0 Å². The molecular weight excluding hydrogens is 168 g/mol. The molecule has 1 rings (SSSR count). The highest BCUT2D eigenvalue weighted by Gasteiger charge is 2.30. The van der Waals surface area contributed by atoms with E-state index in [-0.39, 0.29) is 11.6 Å². The molecule has 0 saturated heterocycles. The van der Waals surface area contributed by atoms with Gasteiger partial charge in [0.25, 0.3) is 0 Å². The summed E-state index contributed by atoms with van der Waals surface area (Å²) in [5.74, 6) is 0. The van der Waals surface area contributed by atoms with Gasteiger partial charge in [0.15, 0.2) is 0 Å². The maximum Gasteiger partial charge on any atom is 0.409 e. The smallest absolute Gasteiger partial charge is 0.409 e.